The van der Waals surface area contributed by atoms with E-state index < -0.39 is 23.3 Å². The normalized spacial score (nSPS) is 13.2. The minimum absolute atomic E-state index is 0. The molecule has 0 bridgehead atoms. The number of allylic oxidation sites excluding steroid dienone is 2. The third-order valence-electron chi connectivity index (χ3n) is 3.71. The molecule has 2 aromatic carbocycles. The Bertz CT molecular complexity index is 872. The second-order valence-electron chi connectivity index (χ2n) is 5.47. The van der Waals surface area contributed by atoms with E-state index in [9.17, 15) is 17.6 Å². The van der Waals surface area contributed by atoms with Crippen molar-refractivity contribution in [2.75, 3.05) is 13.1 Å². The molecule has 0 radical (unpaired) electrons. The van der Waals surface area contributed by atoms with Crippen molar-refractivity contribution in [1.82, 2.24) is 0 Å². The van der Waals surface area contributed by atoms with Crippen molar-refractivity contribution in [2.24, 2.45) is 0 Å². The molecule has 0 unspecified atom stereocenters. The Morgan fingerprint density at radius 1 is 0.655 bits per heavy atom. The van der Waals surface area contributed by atoms with Crippen molar-refractivity contribution < 1.29 is 48.4 Å². The summed E-state index contributed by atoms with van der Waals surface area (Å²) in [6, 6.07) is 9.20. The molecule has 2 heterocycles. The zero-order chi connectivity index (χ0) is 18.5. The van der Waals surface area contributed by atoms with E-state index in [0.717, 1.165) is 0 Å². The van der Waals surface area contributed by atoms with Gasteiger partial charge in [0.25, 0.3) is 0 Å². The van der Waals surface area contributed by atoms with Gasteiger partial charge >= 0.3 is 21.7 Å². The van der Waals surface area contributed by atoms with Gasteiger partial charge in [-0.05, 0) is 12.2 Å². The number of rotatable bonds is 2. The smallest absolute Gasteiger partial charge is 0.358 e. The topological polar surface area (TPSA) is 6.02 Å². The van der Waals surface area contributed by atoms with Gasteiger partial charge in [0.05, 0.1) is 11.6 Å². The first-order valence-corrected chi connectivity index (χ1v) is 7.82. The van der Waals surface area contributed by atoms with E-state index in [2.05, 4.69) is 0 Å². The summed E-state index contributed by atoms with van der Waals surface area (Å²) in [4.78, 5) is 0. The van der Waals surface area contributed by atoms with Crippen LogP contribution >= 0.6 is 0 Å². The third kappa shape index (κ3) is 6.91. The van der Waals surface area contributed by atoms with Crippen LogP contribution in [0.4, 0.5) is 28.9 Å². The molecular weight excluding hydrogens is 416 g/mol. The molecule has 7 heteroatoms. The maximum absolute atomic E-state index is 13.1. The zero-order valence-electron chi connectivity index (χ0n) is 16.1. The summed E-state index contributed by atoms with van der Waals surface area (Å²) in [6.07, 6.45) is 10.9. The summed E-state index contributed by atoms with van der Waals surface area (Å²) < 4.78 is 54.6. The van der Waals surface area contributed by atoms with Crippen LogP contribution in [0.5, 0.6) is 0 Å². The van der Waals surface area contributed by atoms with Crippen molar-refractivity contribution in [3.05, 3.63) is 98.8 Å². The van der Waals surface area contributed by atoms with E-state index in [4.69, 9.17) is 0 Å². The molecule has 0 aromatic heterocycles. The molecule has 2 nitrogen and oxygen atoms in total. The number of benzene rings is 2. The molecule has 0 saturated carbocycles. The Labute approximate surface area is 184 Å². The molecule has 4 rings (SSSR count). The zero-order valence-corrected chi connectivity index (χ0v) is 17.7. The summed E-state index contributed by atoms with van der Waals surface area (Å²) in [7, 11) is 0. The van der Waals surface area contributed by atoms with Crippen LogP contribution in [0.2, 0.25) is 0 Å². The molecule has 0 atom stereocenters. The van der Waals surface area contributed by atoms with Crippen molar-refractivity contribution in [1.29, 1.82) is 0 Å². The molecule has 0 spiro atoms. The summed E-state index contributed by atoms with van der Waals surface area (Å²) in [5.41, 5.74) is 0.706. The van der Waals surface area contributed by atoms with E-state index in [1.54, 1.807) is 21.6 Å². The van der Waals surface area contributed by atoms with Crippen molar-refractivity contribution in [3.8, 4) is 0 Å². The Balaban J connectivity index is 0.000000490. The minimum Gasteiger partial charge on any atom is -0.358 e. The van der Waals surface area contributed by atoms with Gasteiger partial charge in [-0.1, -0.05) is 12.1 Å². The summed E-state index contributed by atoms with van der Waals surface area (Å²) in [5, 5.41) is 0. The first-order chi connectivity index (χ1) is 12.5. The first kappa shape index (κ1) is 26.7. The molecule has 148 valence electrons. The molecule has 0 fully saturated rings. The van der Waals surface area contributed by atoms with Crippen LogP contribution in [0, 0.1) is 50.3 Å². The maximum Gasteiger partial charge on any atom is 4.00 e. The van der Waals surface area contributed by atoms with E-state index in [-0.39, 0.29) is 36.6 Å². The average Bonchev–Trinajstić information content (AvgIpc) is 3.29. The van der Waals surface area contributed by atoms with Crippen LogP contribution < -0.4 is 0 Å². The van der Waals surface area contributed by atoms with E-state index in [1.165, 1.54) is 24.3 Å². The Morgan fingerprint density at radius 2 is 1.03 bits per heavy atom. The number of hydrogen-bond donors (Lipinski definition) is 0. The van der Waals surface area contributed by atoms with Crippen LogP contribution in [0.3, 0.4) is 0 Å². The molecule has 2 aliphatic rings. The molecule has 2 aromatic rings. The fourth-order valence-electron chi connectivity index (χ4n) is 2.47. The van der Waals surface area contributed by atoms with Gasteiger partial charge in [0.1, 0.15) is 11.4 Å². The van der Waals surface area contributed by atoms with Crippen molar-refractivity contribution >= 4 is 23.8 Å². The fraction of sp³-hybridized carbons (Fsp3) is 0.0909. The predicted molar refractivity (Wildman–Crippen MR) is 103 cm³/mol. The molecular formula is C22H20F4N2Ti+2. The van der Waals surface area contributed by atoms with Crippen LogP contribution in [-0.4, -0.2) is 34.7 Å². The predicted octanol–water partition coefficient (Wildman–Crippen LogP) is 5.00. The summed E-state index contributed by atoms with van der Waals surface area (Å²) in [5.74, 6) is -2.65. The number of halogens is 4. The number of nitrogens with zero attached hydrogens (tertiary/aromatic N) is 2. The molecule has 0 amide bonds. The Hall–Kier alpha value is -2.31. The SMILES string of the molecule is Fc1[c-]c(F)c([N+]2=CC=CC2)cc1.Fc1[c-]c(F)c([N+]2=CC=CC2)cc1.[CH3-].[CH3-].[Ti+4]. The van der Waals surface area contributed by atoms with Gasteiger partial charge < -0.3 is 14.9 Å². The van der Waals surface area contributed by atoms with Gasteiger partial charge in [-0.25, -0.2) is 26.7 Å². The van der Waals surface area contributed by atoms with Crippen LogP contribution in [-0.2, 0) is 21.7 Å². The monoisotopic (exact) mass is 436 g/mol. The maximum atomic E-state index is 13.1. The second kappa shape index (κ2) is 12.3. The molecule has 0 aliphatic carbocycles. The number of hydrogen-bond acceptors (Lipinski definition) is 0. The van der Waals surface area contributed by atoms with Crippen molar-refractivity contribution in [3.63, 3.8) is 0 Å². The van der Waals surface area contributed by atoms with E-state index in [1.807, 2.05) is 36.4 Å². The minimum atomic E-state index is -0.673. The average molecular weight is 436 g/mol. The van der Waals surface area contributed by atoms with Gasteiger partial charge in [-0.15, -0.1) is 24.3 Å². The Kier molecular flexibility index (Phi) is 11.3. The second-order valence-corrected chi connectivity index (χ2v) is 5.47. The standard InChI is InChI=1S/2C10H7F2N.2CH3.Ti/c2*11-8-3-4-10(9(12)7-8)13-5-1-2-6-13;;;/h2*1-5H,6H2;2*1H3;/q;;2*-1;+4. The first-order valence-electron chi connectivity index (χ1n) is 7.82. The van der Waals surface area contributed by atoms with Crippen LogP contribution in [0.15, 0.2) is 48.6 Å². The van der Waals surface area contributed by atoms with Gasteiger partial charge in [0.2, 0.25) is 0 Å². The van der Waals surface area contributed by atoms with Crippen LogP contribution in [0.1, 0.15) is 0 Å². The van der Waals surface area contributed by atoms with Gasteiger partial charge in [-0.2, -0.15) is 0 Å². The molecule has 29 heavy (non-hydrogen) atoms. The third-order valence-corrected chi connectivity index (χ3v) is 3.71. The summed E-state index contributed by atoms with van der Waals surface area (Å²) >= 11 is 0. The van der Waals surface area contributed by atoms with Gasteiger partial charge in [0, 0.05) is 23.8 Å². The largest absolute Gasteiger partial charge is 4.00 e. The Morgan fingerprint density at radius 3 is 1.31 bits per heavy atom. The fourth-order valence-corrected chi connectivity index (χ4v) is 2.47. The van der Waals surface area contributed by atoms with Crippen LogP contribution in [0.25, 0.3) is 0 Å². The molecule has 0 N–H and O–H groups in total. The van der Waals surface area contributed by atoms with Crippen molar-refractivity contribution in [2.45, 2.75) is 0 Å². The quantitative estimate of drug-likeness (QED) is 0.271. The van der Waals surface area contributed by atoms with E-state index >= 15 is 0 Å². The van der Waals surface area contributed by atoms with E-state index in [0.29, 0.717) is 24.5 Å². The molecule has 2 aliphatic heterocycles. The summed E-state index contributed by atoms with van der Waals surface area (Å²) in [6.45, 7) is 1.24. The van der Waals surface area contributed by atoms with Gasteiger partial charge in [-0.3, -0.25) is 0 Å². The molecule has 0 saturated heterocycles. The van der Waals surface area contributed by atoms with Gasteiger partial charge in [0.15, 0.2) is 25.5 Å².